The molecule has 1 aromatic carbocycles. The maximum absolute atomic E-state index is 12.6. The molecule has 1 amide bonds. The Kier molecular flexibility index (Phi) is 7.99. The third-order valence-corrected chi connectivity index (χ3v) is 6.84. The summed E-state index contributed by atoms with van der Waals surface area (Å²) in [6.45, 7) is 0.822. The average molecular weight is 602 g/mol. The van der Waals surface area contributed by atoms with Crippen LogP contribution in [0.4, 0.5) is 23.1 Å². The van der Waals surface area contributed by atoms with Crippen molar-refractivity contribution in [3.05, 3.63) is 80.6 Å². The van der Waals surface area contributed by atoms with E-state index < -0.39 is 4.92 Å². The number of rotatable bonds is 9. The van der Waals surface area contributed by atoms with Gasteiger partial charge in [0.15, 0.2) is 5.69 Å². The Morgan fingerprint density at radius 3 is 2.76 bits per heavy atom. The number of imidazole rings is 1. The van der Waals surface area contributed by atoms with E-state index in [2.05, 4.69) is 46.5 Å². The molecule has 38 heavy (non-hydrogen) atoms. The summed E-state index contributed by atoms with van der Waals surface area (Å²) < 4.78 is 2.79. The number of quaternary nitrogens is 1. The van der Waals surface area contributed by atoms with E-state index in [1.54, 1.807) is 36.0 Å². The van der Waals surface area contributed by atoms with Crippen molar-refractivity contribution in [2.75, 3.05) is 31.3 Å². The highest BCUT2D eigenvalue weighted by Gasteiger charge is 2.26. The summed E-state index contributed by atoms with van der Waals surface area (Å²) in [6, 6.07) is 7.13. The number of benzene rings is 1. The molecule has 0 aliphatic carbocycles. The monoisotopic (exact) mass is 600 g/mol. The number of hydrogen-bond donors (Lipinski definition) is 2. The van der Waals surface area contributed by atoms with E-state index in [0.717, 1.165) is 10.2 Å². The van der Waals surface area contributed by atoms with Crippen molar-refractivity contribution in [3.63, 3.8) is 0 Å². The number of aromatic nitrogens is 5. The minimum atomic E-state index is -0.491. The lowest BCUT2D eigenvalue weighted by atomic mass is 10.2. The highest BCUT2D eigenvalue weighted by molar-refractivity contribution is 9.10. The first-order valence-electron chi connectivity index (χ1n) is 11.3. The number of carbonyl (C=O) groups is 1. The number of nitro groups is 1. The summed E-state index contributed by atoms with van der Waals surface area (Å²) in [6.07, 6.45) is 7.53. The Morgan fingerprint density at radius 2 is 2.03 bits per heavy atom. The first-order chi connectivity index (χ1) is 18.0. The molecule has 0 spiro atoms. The van der Waals surface area contributed by atoms with Gasteiger partial charge in [-0.3, -0.25) is 4.79 Å². The topological polar surface area (TPSA) is 141 Å². The number of anilines is 3. The first-order valence-corrected chi connectivity index (χ1v) is 12.5. The Labute approximate surface area is 231 Å². The van der Waals surface area contributed by atoms with Crippen molar-refractivity contribution >= 4 is 67.5 Å². The molecule has 0 bridgehead atoms. The van der Waals surface area contributed by atoms with Crippen molar-refractivity contribution in [1.29, 1.82) is 0 Å². The molecule has 3 heterocycles. The number of halogens is 2. The molecule has 4 aromatic rings. The number of nitrogens with zero attached hydrogens (tertiary/aromatic N) is 7. The molecule has 0 atom stereocenters. The third-order valence-electron chi connectivity index (χ3n) is 5.61. The Hall–Kier alpha value is -3.94. The van der Waals surface area contributed by atoms with Crippen LogP contribution in [0.25, 0.3) is 10.9 Å². The van der Waals surface area contributed by atoms with E-state index in [1.807, 2.05) is 26.2 Å². The van der Waals surface area contributed by atoms with Crippen LogP contribution in [-0.2, 0) is 18.4 Å². The smallest absolute Gasteiger partial charge is 0.358 e. The zero-order chi connectivity index (χ0) is 27.4. The molecule has 3 aromatic heterocycles. The maximum atomic E-state index is 12.6. The second-order valence-electron chi connectivity index (χ2n) is 9.11. The molecule has 0 aliphatic rings. The highest BCUT2D eigenvalue weighted by Crippen LogP contribution is 2.29. The van der Waals surface area contributed by atoms with Crippen molar-refractivity contribution < 1.29 is 14.2 Å². The van der Waals surface area contributed by atoms with Gasteiger partial charge in [-0.05, 0) is 56.2 Å². The summed E-state index contributed by atoms with van der Waals surface area (Å²) in [5.74, 6) is 0.335. The second kappa shape index (κ2) is 11.2. The summed E-state index contributed by atoms with van der Waals surface area (Å²) in [4.78, 5) is 40.0. The Balaban J connectivity index is 1.44. The molecule has 2 N–H and O–H groups in total. The molecule has 0 saturated heterocycles. The van der Waals surface area contributed by atoms with E-state index in [1.165, 1.54) is 18.7 Å². The third kappa shape index (κ3) is 6.49. The minimum Gasteiger partial charge on any atom is -0.358 e. The lowest BCUT2D eigenvalue weighted by Crippen LogP contribution is -2.39. The van der Waals surface area contributed by atoms with Crippen LogP contribution < -0.4 is 10.6 Å². The van der Waals surface area contributed by atoms with Gasteiger partial charge in [0.1, 0.15) is 24.5 Å². The largest absolute Gasteiger partial charge is 0.390 e. The highest BCUT2D eigenvalue weighted by atomic mass is 79.9. The van der Waals surface area contributed by atoms with Crippen LogP contribution in [0.5, 0.6) is 0 Å². The minimum absolute atomic E-state index is 0.163. The van der Waals surface area contributed by atoms with Gasteiger partial charge in [-0.2, -0.15) is 0 Å². The van der Waals surface area contributed by atoms with Gasteiger partial charge < -0.3 is 29.8 Å². The first kappa shape index (κ1) is 27.1. The van der Waals surface area contributed by atoms with Crippen LogP contribution in [0, 0.1) is 10.1 Å². The summed E-state index contributed by atoms with van der Waals surface area (Å²) in [7, 11) is 5.54. The van der Waals surface area contributed by atoms with Crippen molar-refractivity contribution in [3.8, 4) is 0 Å². The quantitative estimate of drug-likeness (QED) is 0.123. The molecule has 0 saturated carbocycles. The number of amides is 1. The van der Waals surface area contributed by atoms with Gasteiger partial charge in [-0.1, -0.05) is 11.6 Å². The van der Waals surface area contributed by atoms with E-state index in [9.17, 15) is 14.9 Å². The fourth-order valence-corrected chi connectivity index (χ4v) is 4.13. The van der Waals surface area contributed by atoms with Gasteiger partial charge in [0, 0.05) is 28.7 Å². The van der Waals surface area contributed by atoms with Crippen LogP contribution in [0.3, 0.4) is 0 Å². The molecule has 0 fully saturated rings. The summed E-state index contributed by atoms with van der Waals surface area (Å²) >= 11 is 9.57. The number of likely N-dealkylation sites (N-methyl/N-ethyl adjacent to an activating group) is 1. The Morgan fingerprint density at radius 1 is 1.24 bits per heavy atom. The van der Waals surface area contributed by atoms with E-state index in [-0.39, 0.29) is 11.7 Å². The molecule has 0 unspecified atom stereocenters. The standard InChI is InChI=1S/C24H23BrClN9O3/c1-33-14-30-24(34(37)38)20(33)12-35(2,3)8-4-5-22(36)32-21-10-16-19(11-27-21)28-13-29-23(16)31-15-6-7-17(25)18(26)9-15/h4-7,9-11,13-14H,8,12H2,1-3H3,(H-,27,28,29,31,32,36)/p+1/b5-4+. The van der Waals surface area contributed by atoms with Crippen molar-refractivity contribution in [2.45, 2.75) is 6.54 Å². The summed E-state index contributed by atoms with van der Waals surface area (Å²) in [5.41, 5.74) is 1.85. The van der Waals surface area contributed by atoms with Crippen LogP contribution in [0.2, 0.25) is 5.02 Å². The van der Waals surface area contributed by atoms with Gasteiger partial charge in [0.05, 0.1) is 37.4 Å². The number of aryl methyl sites for hydroxylation is 1. The van der Waals surface area contributed by atoms with Gasteiger partial charge in [0.25, 0.3) is 0 Å². The van der Waals surface area contributed by atoms with Crippen LogP contribution in [0.1, 0.15) is 5.69 Å². The number of nitrogens with one attached hydrogen (secondary N) is 2. The van der Waals surface area contributed by atoms with E-state index in [4.69, 9.17) is 11.6 Å². The van der Waals surface area contributed by atoms with Crippen LogP contribution in [-0.4, -0.2) is 60.5 Å². The second-order valence-corrected chi connectivity index (χ2v) is 10.4. The van der Waals surface area contributed by atoms with Gasteiger partial charge in [-0.15, -0.1) is 0 Å². The predicted octanol–water partition coefficient (Wildman–Crippen LogP) is 4.60. The number of hydrogen-bond acceptors (Lipinski definition) is 8. The fraction of sp³-hybridized carbons (Fsp3) is 0.208. The fourth-order valence-electron chi connectivity index (χ4n) is 3.70. The maximum Gasteiger partial charge on any atom is 0.390 e. The van der Waals surface area contributed by atoms with Gasteiger partial charge in [0.2, 0.25) is 12.2 Å². The number of fused-ring (bicyclic) bond motifs is 1. The van der Waals surface area contributed by atoms with Gasteiger partial charge in [-0.25, -0.2) is 15.0 Å². The molecule has 4 rings (SSSR count). The Bertz CT molecular complexity index is 1550. The average Bonchev–Trinajstić information content (AvgIpc) is 3.21. The van der Waals surface area contributed by atoms with Crippen LogP contribution in [0.15, 0.2) is 59.7 Å². The lowest BCUT2D eigenvalue weighted by Gasteiger charge is -2.27. The number of pyridine rings is 1. The van der Waals surface area contributed by atoms with Crippen molar-refractivity contribution in [2.24, 2.45) is 7.05 Å². The van der Waals surface area contributed by atoms with E-state index in [0.29, 0.717) is 50.8 Å². The molecule has 12 nitrogen and oxygen atoms in total. The molecular weight excluding hydrogens is 578 g/mol. The summed E-state index contributed by atoms with van der Waals surface area (Å²) in [5, 5.41) is 18.4. The lowest BCUT2D eigenvalue weighted by molar-refractivity contribution is -0.898. The molecule has 0 aliphatic heterocycles. The van der Waals surface area contributed by atoms with E-state index >= 15 is 0 Å². The van der Waals surface area contributed by atoms with Crippen molar-refractivity contribution in [1.82, 2.24) is 24.5 Å². The number of carbonyl (C=O) groups excluding carboxylic acids is 1. The molecule has 0 radical (unpaired) electrons. The normalized spacial score (nSPS) is 11.7. The van der Waals surface area contributed by atoms with Gasteiger partial charge >= 0.3 is 5.82 Å². The molecular formula is C24H24BrClN9O3+. The van der Waals surface area contributed by atoms with Crippen LogP contribution >= 0.6 is 27.5 Å². The zero-order valence-corrected chi connectivity index (χ0v) is 23.1. The molecule has 196 valence electrons. The SMILES string of the molecule is Cn1cnc([N+](=O)[O-])c1C[N+](C)(C)C/C=C/C(=O)Nc1cc2c(Nc3ccc(Br)c(Cl)c3)ncnc2cn1. The molecule has 14 heteroatoms. The zero-order valence-electron chi connectivity index (χ0n) is 20.7. The predicted molar refractivity (Wildman–Crippen MR) is 148 cm³/mol.